The molecule has 1 aromatic carbocycles. The number of benzene rings is 1. The summed E-state index contributed by atoms with van der Waals surface area (Å²) in [6, 6.07) is 3.49. The van der Waals surface area contributed by atoms with E-state index in [1.165, 1.54) is 11.3 Å². The number of aromatic nitrogens is 1. The second-order valence-electron chi connectivity index (χ2n) is 4.00. The number of ketones is 1. The first-order valence-corrected chi connectivity index (χ1v) is 7.41. The van der Waals surface area contributed by atoms with Gasteiger partial charge in [0, 0.05) is 11.4 Å². The van der Waals surface area contributed by atoms with Gasteiger partial charge in [-0.15, -0.1) is 22.9 Å². The third-order valence-electron chi connectivity index (χ3n) is 2.85. The summed E-state index contributed by atoms with van der Waals surface area (Å²) in [5.41, 5.74) is 1.08. The molecule has 2 rings (SSSR count). The molecular weight excluding hydrogens is 314 g/mol. The third kappa shape index (κ3) is 3.11. The van der Waals surface area contributed by atoms with E-state index in [0.29, 0.717) is 28.0 Å². The van der Waals surface area contributed by atoms with Gasteiger partial charge in [0.1, 0.15) is 16.5 Å². The van der Waals surface area contributed by atoms with Crippen LogP contribution in [0.5, 0.6) is 17.2 Å². The largest absolute Gasteiger partial charge is 0.496 e. The van der Waals surface area contributed by atoms with E-state index in [0.717, 1.165) is 5.56 Å². The molecule has 0 aliphatic carbocycles. The number of alkyl halides is 1. The number of Topliss-reactive ketones (excluding diaryl/α,β-unsaturated/α-hetero) is 1. The number of rotatable bonds is 6. The van der Waals surface area contributed by atoms with Crippen molar-refractivity contribution in [3.8, 4) is 27.8 Å². The first-order chi connectivity index (χ1) is 10.1. The van der Waals surface area contributed by atoms with Crippen LogP contribution in [0.2, 0.25) is 0 Å². The van der Waals surface area contributed by atoms with Crippen molar-refractivity contribution in [1.82, 2.24) is 4.98 Å². The zero-order valence-electron chi connectivity index (χ0n) is 11.8. The van der Waals surface area contributed by atoms with E-state index in [-0.39, 0.29) is 11.7 Å². The lowest BCUT2D eigenvalue weighted by molar-refractivity contribution is 0.101. The van der Waals surface area contributed by atoms with Crippen LogP contribution in [0.3, 0.4) is 0 Å². The molecule has 0 atom stereocenters. The van der Waals surface area contributed by atoms with Crippen molar-refractivity contribution >= 4 is 28.7 Å². The van der Waals surface area contributed by atoms with E-state index in [1.54, 1.807) is 38.8 Å². The van der Waals surface area contributed by atoms with E-state index < -0.39 is 0 Å². The van der Waals surface area contributed by atoms with Gasteiger partial charge in [0.2, 0.25) is 0 Å². The van der Waals surface area contributed by atoms with Crippen LogP contribution >= 0.6 is 22.9 Å². The van der Waals surface area contributed by atoms with Crippen LogP contribution < -0.4 is 14.2 Å². The number of hydrogen-bond acceptors (Lipinski definition) is 6. The number of methoxy groups -OCH3 is 3. The Hall–Kier alpha value is -1.79. The Morgan fingerprint density at radius 1 is 1.14 bits per heavy atom. The molecule has 0 N–H and O–H groups in total. The normalized spacial score (nSPS) is 10.3. The van der Waals surface area contributed by atoms with Crippen LogP contribution in [0.4, 0.5) is 0 Å². The summed E-state index contributed by atoms with van der Waals surface area (Å²) >= 11 is 6.88. The number of carbonyl (C=O) groups excluding carboxylic acids is 1. The highest BCUT2D eigenvalue weighted by molar-refractivity contribution is 7.13. The van der Waals surface area contributed by atoms with Gasteiger partial charge in [0.25, 0.3) is 0 Å². The second-order valence-corrected chi connectivity index (χ2v) is 5.13. The molecule has 0 spiro atoms. The van der Waals surface area contributed by atoms with Gasteiger partial charge in [-0.05, 0) is 6.07 Å². The maximum atomic E-state index is 11.6. The fraction of sp³-hybridized carbons (Fsp3) is 0.286. The van der Waals surface area contributed by atoms with Crippen LogP contribution in [0, 0.1) is 0 Å². The molecule has 0 amide bonds. The Kier molecular flexibility index (Phi) is 5.03. The van der Waals surface area contributed by atoms with Crippen molar-refractivity contribution in [3.63, 3.8) is 0 Å². The van der Waals surface area contributed by atoms with Gasteiger partial charge in [-0.1, -0.05) is 0 Å². The molecule has 0 aliphatic heterocycles. The quantitative estimate of drug-likeness (QED) is 0.602. The molecule has 0 aliphatic rings. The molecular formula is C14H14ClNO4S. The van der Waals surface area contributed by atoms with Crippen molar-refractivity contribution in [1.29, 1.82) is 0 Å². The topological polar surface area (TPSA) is 57.7 Å². The lowest BCUT2D eigenvalue weighted by atomic mass is 10.2. The van der Waals surface area contributed by atoms with Crippen molar-refractivity contribution in [2.24, 2.45) is 0 Å². The molecule has 0 fully saturated rings. The molecule has 7 heteroatoms. The van der Waals surface area contributed by atoms with Gasteiger partial charge < -0.3 is 14.2 Å². The molecule has 0 saturated carbocycles. The number of nitrogens with zero attached hydrogens (tertiary/aromatic N) is 1. The summed E-state index contributed by atoms with van der Waals surface area (Å²) in [7, 11) is 4.67. The number of thiazole rings is 1. The van der Waals surface area contributed by atoms with E-state index in [1.807, 2.05) is 0 Å². The SMILES string of the molecule is COc1cc(OC)c(-c2nc(C(=O)CCl)cs2)cc1OC. The highest BCUT2D eigenvalue weighted by Gasteiger charge is 2.17. The first kappa shape index (κ1) is 15.6. The van der Waals surface area contributed by atoms with E-state index in [9.17, 15) is 4.79 Å². The number of hydrogen-bond donors (Lipinski definition) is 0. The molecule has 112 valence electrons. The maximum absolute atomic E-state index is 11.6. The average molecular weight is 328 g/mol. The summed E-state index contributed by atoms with van der Waals surface area (Å²) < 4.78 is 15.9. The minimum atomic E-state index is -0.210. The number of halogens is 1. The van der Waals surface area contributed by atoms with E-state index in [4.69, 9.17) is 25.8 Å². The predicted molar refractivity (Wildman–Crippen MR) is 82.3 cm³/mol. The van der Waals surface area contributed by atoms with Crippen LogP contribution in [0.25, 0.3) is 10.6 Å². The van der Waals surface area contributed by atoms with Crippen molar-refractivity contribution in [3.05, 3.63) is 23.2 Å². The summed E-state index contributed by atoms with van der Waals surface area (Å²) in [5.74, 6) is 1.41. The monoisotopic (exact) mass is 327 g/mol. The molecule has 0 unspecified atom stereocenters. The van der Waals surface area contributed by atoms with Gasteiger partial charge in [0.15, 0.2) is 17.3 Å². The fourth-order valence-electron chi connectivity index (χ4n) is 1.79. The standard InChI is InChI=1S/C14H14ClNO4S/c1-18-11-5-13(20-3)12(19-2)4-8(11)14-16-9(7-21-14)10(17)6-15/h4-5,7H,6H2,1-3H3. The molecule has 0 radical (unpaired) electrons. The molecule has 1 aromatic heterocycles. The Morgan fingerprint density at radius 3 is 2.33 bits per heavy atom. The molecule has 0 bridgehead atoms. The van der Waals surface area contributed by atoms with Crippen LogP contribution in [0.1, 0.15) is 10.5 Å². The molecule has 21 heavy (non-hydrogen) atoms. The maximum Gasteiger partial charge on any atom is 0.196 e. The van der Waals surface area contributed by atoms with E-state index >= 15 is 0 Å². The summed E-state index contributed by atoms with van der Waals surface area (Å²) in [6.07, 6.45) is 0. The highest BCUT2D eigenvalue weighted by Crippen LogP contribution is 2.40. The number of carbonyl (C=O) groups is 1. The average Bonchev–Trinajstić information content (AvgIpc) is 3.02. The van der Waals surface area contributed by atoms with Gasteiger partial charge in [-0.25, -0.2) is 4.98 Å². The number of ether oxygens (including phenoxy) is 3. The first-order valence-electron chi connectivity index (χ1n) is 5.99. The Bertz CT molecular complexity index is 656. The van der Waals surface area contributed by atoms with Crippen LogP contribution in [0.15, 0.2) is 17.5 Å². The lowest BCUT2D eigenvalue weighted by Crippen LogP contribution is -2.00. The van der Waals surface area contributed by atoms with Crippen molar-refractivity contribution in [2.75, 3.05) is 27.2 Å². The second kappa shape index (κ2) is 6.78. The van der Waals surface area contributed by atoms with E-state index in [2.05, 4.69) is 4.98 Å². The zero-order valence-corrected chi connectivity index (χ0v) is 13.4. The Balaban J connectivity index is 2.51. The van der Waals surface area contributed by atoms with Crippen molar-refractivity contribution in [2.45, 2.75) is 0 Å². The van der Waals surface area contributed by atoms with Gasteiger partial charge in [-0.2, -0.15) is 0 Å². The predicted octanol–water partition coefficient (Wildman–Crippen LogP) is 3.26. The summed E-state index contributed by atoms with van der Waals surface area (Å²) in [5, 5.41) is 2.33. The summed E-state index contributed by atoms with van der Waals surface area (Å²) in [4.78, 5) is 15.9. The molecule has 5 nitrogen and oxygen atoms in total. The minimum absolute atomic E-state index is 0.0910. The minimum Gasteiger partial charge on any atom is -0.496 e. The van der Waals surface area contributed by atoms with Crippen LogP contribution in [-0.2, 0) is 0 Å². The van der Waals surface area contributed by atoms with Gasteiger partial charge in [0.05, 0.1) is 32.8 Å². The lowest BCUT2D eigenvalue weighted by Gasteiger charge is -2.12. The highest BCUT2D eigenvalue weighted by atomic mass is 35.5. The zero-order chi connectivity index (χ0) is 15.4. The van der Waals surface area contributed by atoms with Gasteiger partial charge in [-0.3, -0.25) is 4.79 Å². The summed E-state index contributed by atoms with van der Waals surface area (Å²) in [6.45, 7) is 0. The smallest absolute Gasteiger partial charge is 0.196 e. The van der Waals surface area contributed by atoms with Crippen molar-refractivity contribution < 1.29 is 19.0 Å². The Labute approximate surface area is 131 Å². The molecule has 0 saturated heterocycles. The molecule has 2 aromatic rings. The van der Waals surface area contributed by atoms with Gasteiger partial charge >= 0.3 is 0 Å². The van der Waals surface area contributed by atoms with Crippen LogP contribution in [-0.4, -0.2) is 38.0 Å². The third-order valence-corrected chi connectivity index (χ3v) is 3.97. The Morgan fingerprint density at radius 2 is 1.76 bits per heavy atom. The fourth-order valence-corrected chi connectivity index (χ4v) is 2.77. The molecule has 1 heterocycles.